The quantitative estimate of drug-likeness (QED) is 0.723. The third kappa shape index (κ3) is 4.00. The molecule has 1 aromatic rings. The van der Waals surface area contributed by atoms with E-state index in [4.69, 9.17) is 18.0 Å². The van der Waals surface area contributed by atoms with Gasteiger partial charge in [-0.1, -0.05) is 18.3 Å². The average Bonchev–Trinajstić information content (AvgIpc) is 2.40. The number of hydrogen-bond acceptors (Lipinski definition) is 4. The minimum absolute atomic E-state index is 0.118. The second-order valence-electron chi connectivity index (χ2n) is 5.47. The zero-order valence-electron chi connectivity index (χ0n) is 11.9. The number of aryl methyl sites for hydroxylation is 1. The van der Waals surface area contributed by atoms with Gasteiger partial charge in [-0.3, -0.25) is 0 Å². The Labute approximate surface area is 130 Å². The molecule has 5 nitrogen and oxygen atoms in total. The van der Waals surface area contributed by atoms with E-state index in [1.165, 1.54) is 6.07 Å². The third-order valence-corrected chi connectivity index (χ3v) is 5.68. The lowest BCUT2D eigenvalue weighted by Gasteiger charge is -2.26. The molecular formula is C14H20N2O3S2. The second kappa shape index (κ2) is 6.39. The molecule has 0 unspecified atom stereocenters. The smallest absolute Gasteiger partial charge is 0.241 e. The third-order valence-electron chi connectivity index (χ3n) is 3.77. The van der Waals surface area contributed by atoms with E-state index in [0.29, 0.717) is 36.8 Å². The molecule has 0 radical (unpaired) electrons. The number of aliphatic hydroxyl groups is 1. The van der Waals surface area contributed by atoms with E-state index in [0.717, 1.165) is 0 Å². The minimum Gasteiger partial charge on any atom is -0.393 e. The first kappa shape index (κ1) is 16.4. The summed E-state index contributed by atoms with van der Waals surface area (Å²) in [5, 5.41) is 9.47. The number of sulfonamides is 1. The van der Waals surface area contributed by atoms with Crippen molar-refractivity contribution in [3.63, 3.8) is 0 Å². The van der Waals surface area contributed by atoms with Crippen molar-refractivity contribution < 1.29 is 13.5 Å². The van der Waals surface area contributed by atoms with Gasteiger partial charge < -0.3 is 10.8 Å². The Kier molecular flexibility index (Phi) is 4.98. The predicted molar refractivity (Wildman–Crippen MR) is 85.7 cm³/mol. The molecule has 4 N–H and O–H groups in total. The van der Waals surface area contributed by atoms with Gasteiger partial charge in [-0.2, -0.15) is 0 Å². The summed E-state index contributed by atoms with van der Waals surface area (Å²) in [5.41, 5.74) is 6.82. The maximum atomic E-state index is 12.4. The molecule has 0 spiro atoms. The van der Waals surface area contributed by atoms with Crippen LogP contribution in [0.15, 0.2) is 23.1 Å². The SMILES string of the molecule is Cc1cc(C(N)=S)ccc1S(=O)(=O)NC1CCC(O)CC1. The molecule has 1 aliphatic carbocycles. The van der Waals surface area contributed by atoms with Gasteiger partial charge in [0.1, 0.15) is 4.99 Å². The molecule has 0 amide bonds. The standard InChI is InChI=1S/C14H20N2O3S2/c1-9-8-10(14(15)20)2-7-13(9)21(18,19)16-11-3-5-12(17)6-4-11/h2,7-8,11-12,16-17H,3-6H2,1H3,(H2,15,20). The number of nitrogens with one attached hydrogen (secondary N) is 1. The summed E-state index contributed by atoms with van der Waals surface area (Å²) in [6.07, 6.45) is 2.27. The highest BCUT2D eigenvalue weighted by Gasteiger charge is 2.25. The molecule has 116 valence electrons. The van der Waals surface area contributed by atoms with Crippen molar-refractivity contribution in [3.05, 3.63) is 29.3 Å². The fourth-order valence-electron chi connectivity index (χ4n) is 2.58. The van der Waals surface area contributed by atoms with Crippen molar-refractivity contribution in [2.45, 2.75) is 49.6 Å². The number of hydrogen-bond donors (Lipinski definition) is 3. The van der Waals surface area contributed by atoms with Gasteiger partial charge in [0, 0.05) is 11.6 Å². The van der Waals surface area contributed by atoms with Crippen LogP contribution in [0.25, 0.3) is 0 Å². The summed E-state index contributed by atoms with van der Waals surface area (Å²) in [4.78, 5) is 0.491. The van der Waals surface area contributed by atoms with Crippen LogP contribution in [0.3, 0.4) is 0 Å². The lowest BCUT2D eigenvalue weighted by molar-refractivity contribution is 0.120. The summed E-state index contributed by atoms with van der Waals surface area (Å²) in [6.45, 7) is 1.72. The molecule has 0 bridgehead atoms. The first-order chi connectivity index (χ1) is 9.79. The van der Waals surface area contributed by atoms with Crippen molar-refractivity contribution >= 4 is 27.2 Å². The van der Waals surface area contributed by atoms with Crippen molar-refractivity contribution in [1.29, 1.82) is 0 Å². The van der Waals surface area contributed by atoms with Crippen LogP contribution in [0.5, 0.6) is 0 Å². The molecule has 0 aromatic heterocycles. The van der Waals surface area contributed by atoms with Crippen LogP contribution in [0.1, 0.15) is 36.8 Å². The fraction of sp³-hybridized carbons (Fsp3) is 0.500. The molecule has 7 heteroatoms. The Balaban J connectivity index is 2.18. The van der Waals surface area contributed by atoms with Crippen LogP contribution in [0.4, 0.5) is 0 Å². The van der Waals surface area contributed by atoms with Gasteiger partial charge in [0.25, 0.3) is 0 Å². The van der Waals surface area contributed by atoms with Crippen LogP contribution < -0.4 is 10.5 Å². The summed E-state index contributed by atoms with van der Waals surface area (Å²) in [6, 6.07) is 4.72. The van der Waals surface area contributed by atoms with E-state index in [-0.39, 0.29) is 22.0 Å². The van der Waals surface area contributed by atoms with Crippen LogP contribution in [-0.4, -0.2) is 30.7 Å². The average molecular weight is 328 g/mol. The van der Waals surface area contributed by atoms with Crippen LogP contribution in [0, 0.1) is 6.92 Å². The molecule has 1 aliphatic rings. The molecular weight excluding hydrogens is 308 g/mol. The Morgan fingerprint density at radius 2 is 1.95 bits per heavy atom. The zero-order chi connectivity index (χ0) is 15.6. The van der Waals surface area contributed by atoms with E-state index >= 15 is 0 Å². The summed E-state index contributed by atoms with van der Waals surface area (Å²) in [7, 11) is -3.57. The normalized spacial score (nSPS) is 23.0. The van der Waals surface area contributed by atoms with Crippen molar-refractivity contribution in [2.24, 2.45) is 5.73 Å². The lowest BCUT2D eigenvalue weighted by Crippen LogP contribution is -2.38. The monoisotopic (exact) mass is 328 g/mol. The molecule has 1 fully saturated rings. The van der Waals surface area contributed by atoms with Crippen molar-refractivity contribution in [2.75, 3.05) is 0 Å². The Bertz CT molecular complexity index is 636. The maximum Gasteiger partial charge on any atom is 0.241 e. The number of aliphatic hydroxyl groups excluding tert-OH is 1. The number of benzene rings is 1. The fourth-order valence-corrected chi connectivity index (χ4v) is 4.24. The number of nitrogens with two attached hydrogens (primary N) is 1. The van der Waals surface area contributed by atoms with E-state index in [9.17, 15) is 13.5 Å². The molecule has 0 aliphatic heterocycles. The Hall–Kier alpha value is -1.02. The number of thiocarbonyl (C=S) groups is 1. The highest BCUT2D eigenvalue weighted by Crippen LogP contribution is 2.22. The molecule has 2 rings (SSSR count). The molecule has 1 aromatic carbocycles. The minimum atomic E-state index is -3.57. The van der Waals surface area contributed by atoms with E-state index < -0.39 is 10.0 Å². The molecule has 0 saturated heterocycles. The van der Waals surface area contributed by atoms with Gasteiger partial charge in [0.2, 0.25) is 10.0 Å². The lowest BCUT2D eigenvalue weighted by atomic mass is 9.94. The van der Waals surface area contributed by atoms with E-state index in [2.05, 4.69) is 4.72 Å². The van der Waals surface area contributed by atoms with Crippen LogP contribution in [-0.2, 0) is 10.0 Å². The van der Waals surface area contributed by atoms with Gasteiger partial charge in [0.15, 0.2) is 0 Å². The largest absolute Gasteiger partial charge is 0.393 e. The van der Waals surface area contributed by atoms with Crippen LogP contribution in [0.2, 0.25) is 0 Å². The van der Waals surface area contributed by atoms with E-state index in [1.54, 1.807) is 19.1 Å². The highest BCUT2D eigenvalue weighted by molar-refractivity contribution is 7.89. The highest BCUT2D eigenvalue weighted by atomic mass is 32.2. The number of rotatable bonds is 4. The van der Waals surface area contributed by atoms with Crippen molar-refractivity contribution in [3.8, 4) is 0 Å². The topological polar surface area (TPSA) is 92.4 Å². The van der Waals surface area contributed by atoms with Gasteiger partial charge >= 0.3 is 0 Å². The van der Waals surface area contributed by atoms with Gasteiger partial charge in [-0.05, 0) is 50.3 Å². The second-order valence-corrected chi connectivity index (χ2v) is 7.59. The first-order valence-corrected chi connectivity index (χ1v) is 8.79. The zero-order valence-corrected chi connectivity index (χ0v) is 13.5. The summed E-state index contributed by atoms with van der Waals surface area (Å²) >= 11 is 4.89. The molecule has 1 saturated carbocycles. The molecule has 21 heavy (non-hydrogen) atoms. The van der Waals surface area contributed by atoms with Gasteiger partial charge in [-0.25, -0.2) is 13.1 Å². The van der Waals surface area contributed by atoms with Crippen LogP contribution >= 0.6 is 12.2 Å². The Morgan fingerprint density at radius 3 is 2.48 bits per heavy atom. The van der Waals surface area contributed by atoms with E-state index in [1.807, 2.05) is 0 Å². The Morgan fingerprint density at radius 1 is 1.33 bits per heavy atom. The first-order valence-electron chi connectivity index (χ1n) is 6.90. The molecule has 0 heterocycles. The van der Waals surface area contributed by atoms with Gasteiger partial charge in [0.05, 0.1) is 11.0 Å². The van der Waals surface area contributed by atoms with Gasteiger partial charge in [-0.15, -0.1) is 0 Å². The predicted octanol–water partition coefficient (Wildman–Crippen LogP) is 1.21. The van der Waals surface area contributed by atoms with Crippen molar-refractivity contribution in [1.82, 2.24) is 4.72 Å². The summed E-state index contributed by atoms with van der Waals surface area (Å²) in [5.74, 6) is 0. The maximum absolute atomic E-state index is 12.4. The summed E-state index contributed by atoms with van der Waals surface area (Å²) < 4.78 is 27.6. The molecule has 0 atom stereocenters.